The van der Waals surface area contributed by atoms with E-state index >= 15 is 0 Å². The van der Waals surface area contributed by atoms with Gasteiger partial charge in [0.15, 0.2) is 0 Å². The molecule has 3 nitrogen and oxygen atoms in total. The van der Waals surface area contributed by atoms with Crippen molar-refractivity contribution in [3.8, 4) is 6.07 Å². The van der Waals surface area contributed by atoms with Crippen molar-refractivity contribution >= 4 is 17.1 Å². The largest absolute Gasteiger partial charge is 0.457 e. The van der Waals surface area contributed by atoms with Gasteiger partial charge in [-0.2, -0.15) is 5.26 Å². The molecule has 20 heavy (non-hydrogen) atoms. The maximum atomic E-state index is 11.9. The van der Waals surface area contributed by atoms with Crippen LogP contribution in [-0.2, 0) is 9.53 Å². The Hall–Kier alpha value is -2.86. The third kappa shape index (κ3) is 2.08. The second-order valence-corrected chi connectivity index (χ2v) is 4.48. The van der Waals surface area contributed by atoms with Crippen LogP contribution in [0.4, 0.5) is 0 Å². The molecule has 0 spiro atoms. The van der Waals surface area contributed by atoms with Crippen LogP contribution >= 0.6 is 0 Å². The van der Waals surface area contributed by atoms with Crippen LogP contribution < -0.4 is 0 Å². The summed E-state index contributed by atoms with van der Waals surface area (Å²) in [6.45, 7) is 0.273. The van der Waals surface area contributed by atoms with E-state index in [9.17, 15) is 4.79 Å². The van der Waals surface area contributed by atoms with E-state index in [1.165, 1.54) is 0 Å². The Kier molecular flexibility index (Phi) is 3.06. The van der Waals surface area contributed by atoms with Crippen LogP contribution in [0.25, 0.3) is 11.1 Å². The monoisotopic (exact) mass is 261 g/mol. The molecule has 1 aliphatic rings. The molecule has 0 unspecified atom stereocenters. The highest BCUT2D eigenvalue weighted by atomic mass is 16.5. The van der Waals surface area contributed by atoms with Crippen LogP contribution in [0.1, 0.15) is 16.7 Å². The first kappa shape index (κ1) is 12.2. The summed E-state index contributed by atoms with van der Waals surface area (Å²) >= 11 is 0. The minimum absolute atomic E-state index is 0.273. The zero-order valence-electron chi connectivity index (χ0n) is 10.7. The van der Waals surface area contributed by atoms with Gasteiger partial charge in [0, 0.05) is 5.57 Å². The molecule has 0 aromatic heterocycles. The van der Waals surface area contributed by atoms with E-state index in [1.807, 2.05) is 42.5 Å². The summed E-state index contributed by atoms with van der Waals surface area (Å²) in [6, 6.07) is 18.7. The third-order valence-corrected chi connectivity index (χ3v) is 3.28. The van der Waals surface area contributed by atoms with Gasteiger partial charge in [0.05, 0.1) is 17.2 Å². The van der Waals surface area contributed by atoms with Crippen molar-refractivity contribution in [1.29, 1.82) is 5.26 Å². The number of hydrogen-bond donors (Lipinski definition) is 0. The summed E-state index contributed by atoms with van der Waals surface area (Å²) < 4.78 is 5.17. The van der Waals surface area contributed by atoms with Crippen molar-refractivity contribution in [2.24, 2.45) is 0 Å². The molecular formula is C17H11NO2. The molecule has 0 bridgehead atoms. The number of cyclic esters (lactones) is 1. The summed E-state index contributed by atoms with van der Waals surface area (Å²) in [6.07, 6.45) is 0. The van der Waals surface area contributed by atoms with Crippen LogP contribution in [-0.4, -0.2) is 12.6 Å². The van der Waals surface area contributed by atoms with Gasteiger partial charge >= 0.3 is 5.97 Å². The highest BCUT2D eigenvalue weighted by molar-refractivity contribution is 6.27. The number of carbonyl (C=O) groups excluding carboxylic acids is 1. The fraction of sp³-hybridized carbons (Fsp3) is 0.0588. The van der Waals surface area contributed by atoms with E-state index in [4.69, 9.17) is 10.00 Å². The minimum Gasteiger partial charge on any atom is -0.457 e. The molecule has 0 saturated heterocycles. The van der Waals surface area contributed by atoms with Crippen molar-refractivity contribution in [3.05, 3.63) is 71.3 Å². The summed E-state index contributed by atoms with van der Waals surface area (Å²) in [4.78, 5) is 11.9. The highest BCUT2D eigenvalue weighted by Gasteiger charge is 2.26. The topological polar surface area (TPSA) is 50.1 Å². The van der Waals surface area contributed by atoms with Crippen molar-refractivity contribution in [1.82, 2.24) is 0 Å². The number of nitriles is 1. The number of rotatable bonds is 2. The van der Waals surface area contributed by atoms with Crippen LogP contribution in [0, 0.1) is 11.3 Å². The van der Waals surface area contributed by atoms with Crippen LogP contribution in [0.5, 0.6) is 0 Å². The first-order valence-corrected chi connectivity index (χ1v) is 6.26. The number of benzene rings is 2. The van der Waals surface area contributed by atoms with Crippen molar-refractivity contribution in [2.45, 2.75) is 0 Å². The highest BCUT2D eigenvalue weighted by Crippen LogP contribution is 2.32. The number of nitrogens with zero attached hydrogens (tertiary/aromatic N) is 1. The molecule has 1 heterocycles. The lowest BCUT2D eigenvalue weighted by molar-refractivity contribution is -0.133. The van der Waals surface area contributed by atoms with Gasteiger partial charge in [-0.15, -0.1) is 0 Å². The summed E-state index contributed by atoms with van der Waals surface area (Å²) in [5.74, 6) is -0.296. The van der Waals surface area contributed by atoms with Crippen molar-refractivity contribution in [3.63, 3.8) is 0 Å². The standard InChI is InChI=1S/C17H11NO2/c18-10-12-6-8-13(9-7-12)15-11-20-17(19)16(15)14-4-2-1-3-5-14/h1-9H,11H2. The molecule has 0 fully saturated rings. The van der Waals surface area contributed by atoms with Crippen LogP contribution in [0.2, 0.25) is 0 Å². The van der Waals surface area contributed by atoms with Gasteiger partial charge in [0.25, 0.3) is 0 Å². The lowest BCUT2D eigenvalue weighted by Gasteiger charge is -2.04. The van der Waals surface area contributed by atoms with Gasteiger partial charge < -0.3 is 4.74 Å². The number of carbonyl (C=O) groups is 1. The SMILES string of the molecule is N#Cc1ccc(C2=C(c3ccccc3)C(=O)OC2)cc1. The Morgan fingerprint density at radius 2 is 1.65 bits per heavy atom. The van der Waals surface area contributed by atoms with E-state index in [2.05, 4.69) is 6.07 Å². The second-order valence-electron chi connectivity index (χ2n) is 4.48. The van der Waals surface area contributed by atoms with Gasteiger partial charge in [0.1, 0.15) is 6.61 Å². The Balaban J connectivity index is 2.11. The molecule has 2 aromatic carbocycles. The predicted molar refractivity (Wildman–Crippen MR) is 75.4 cm³/mol. The van der Waals surface area contributed by atoms with Crippen LogP contribution in [0.15, 0.2) is 54.6 Å². The van der Waals surface area contributed by atoms with E-state index in [0.717, 1.165) is 16.7 Å². The summed E-state index contributed by atoms with van der Waals surface area (Å²) in [7, 11) is 0. The third-order valence-electron chi connectivity index (χ3n) is 3.28. The predicted octanol–water partition coefficient (Wildman–Crippen LogP) is 3.03. The molecule has 0 aliphatic carbocycles. The second kappa shape index (κ2) is 5.02. The average Bonchev–Trinajstić information content (AvgIpc) is 2.90. The average molecular weight is 261 g/mol. The van der Waals surface area contributed by atoms with Crippen molar-refractivity contribution < 1.29 is 9.53 Å². The van der Waals surface area contributed by atoms with E-state index in [-0.39, 0.29) is 12.6 Å². The maximum absolute atomic E-state index is 11.9. The number of ether oxygens (including phenoxy) is 1. The fourth-order valence-electron chi connectivity index (χ4n) is 2.28. The molecule has 3 rings (SSSR count). The normalized spacial score (nSPS) is 14.1. The Morgan fingerprint density at radius 3 is 2.30 bits per heavy atom. The molecule has 2 aromatic rings. The number of hydrogen-bond acceptors (Lipinski definition) is 3. The lowest BCUT2D eigenvalue weighted by Crippen LogP contribution is -1.98. The van der Waals surface area contributed by atoms with Gasteiger partial charge in [0.2, 0.25) is 0 Å². The zero-order chi connectivity index (χ0) is 13.9. The smallest absolute Gasteiger partial charge is 0.339 e. The molecule has 0 saturated carbocycles. The molecule has 0 N–H and O–H groups in total. The van der Waals surface area contributed by atoms with E-state index in [0.29, 0.717) is 11.1 Å². The number of esters is 1. The molecule has 3 heteroatoms. The molecule has 1 aliphatic heterocycles. The van der Waals surface area contributed by atoms with Gasteiger partial charge in [-0.3, -0.25) is 0 Å². The minimum atomic E-state index is -0.296. The van der Waals surface area contributed by atoms with Gasteiger partial charge in [-0.1, -0.05) is 42.5 Å². The van der Waals surface area contributed by atoms with E-state index < -0.39 is 0 Å². The lowest BCUT2D eigenvalue weighted by atomic mass is 9.96. The quantitative estimate of drug-likeness (QED) is 0.781. The molecular weight excluding hydrogens is 250 g/mol. The molecule has 0 amide bonds. The zero-order valence-corrected chi connectivity index (χ0v) is 10.7. The Morgan fingerprint density at radius 1 is 0.950 bits per heavy atom. The first-order chi connectivity index (χ1) is 9.79. The fourth-order valence-corrected chi connectivity index (χ4v) is 2.28. The van der Waals surface area contributed by atoms with Gasteiger partial charge in [-0.25, -0.2) is 4.79 Å². The summed E-state index contributed by atoms with van der Waals surface area (Å²) in [5.41, 5.74) is 3.84. The molecule has 96 valence electrons. The van der Waals surface area contributed by atoms with Crippen LogP contribution in [0.3, 0.4) is 0 Å². The maximum Gasteiger partial charge on any atom is 0.339 e. The first-order valence-electron chi connectivity index (χ1n) is 6.26. The molecule has 0 atom stereocenters. The van der Waals surface area contributed by atoms with E-state index in [1.54, 1.807) is 12.1 Å². The van der Waals surface area contributed by atoms with Gasteiger partial charge in [-0.05, 0) is 23.3 Å². The molecule has 0 radical (unpaired) electrons. The Labute approximate surface area is 116 Å². The van der Waals surface area contributed by atoms with Crippen molar-refractivity contribution in [2.75, 3.05) is 6.61 Å². The Bertz CT molecular complexity index is 722. The summed E-state index contributed by atoms with van der Waals surface area (Å²) in [5, 5.41) is 8.83.